The second-order valence-corrected chi connectivity index (χ2v) is 5.10. The van der Waals surface area contributed by atoms with Crippen LogP contribution in [0.25, 0.3) is 0 Å². The van der Waals surface area contributed by atoms with Crippen LogP contribution in [-0.2, 0) is 23.8 Å². The van der Waals surface area contributed by atoms with E-state index in [0.717, 1.165) is 0 Å². The topological polar surface area (TPSA) is 69.7 Å². The average Bonchev–Trinajstić information content (AvgIpc) is 2.36. The van der Waals surface area contributed by atoms with Gasteiger partial charge in [-0.1, -0.05) is 30.3 Å². The fourth-order valence-electron chi connectivity index (χ4n) is 1.26. The Morgan fingerprint density at radius 3 is 2.25 bits per heavy atom. The molecule has 1 rings (SSSR count). The number of carbonyl (C=O) groups excluding carboxylic acids is 1. The van der Waals surface area contributed by atoms with Crippen LogP contribution in [0.3, 0.4) is 0 Å². The van der Waals surface area contributed by atoms with Gasteiger partial charge in [0.2, 0.25) is 0 Å². The first-order valence-corrected chi connectivity index (χ1v) is 6.81. The molecule has 20 heavy (non-hydrogen) atoms. The van der Waals surface area contributed by atoms with Crippen LogP contribution >= 0.6 is 0 Å². The number of carbonyl (C=O) groups is 1. The lowest BCUT2D eigenvalue weighted by molar-refractivity contribution is -0.152. The lowest BCUT2D eigenvalue weighted by atomic mass is 10.1. The van der Waals surface area contributed by atoms with Crippen molar-refractivity contribution in [2.75, 3.05) is 6.61 Å². The molecular formula is C11H11F3O5S. The molecule has 1 unspecified atom stereocenters. The largest absolute Gasteiger partial charge is 0.523 e. The van der Waals surface area contributed by atoms with Gasteiger partial charge in [0.1, 0.15) is 0 Å². The molecule has 0 aliphatic rings. The van der Waals surface area contributed by atoms with Gasteiger partial charge in [-0.15, -0.1) is 0 Å². The number of halogens is 3. The van der Waals surface area contributed by atoms with Gasteiger partial charge in [0.05, 0.1) is 6.61 Å². The molecule has 9 heteroatoms. The SMILES string of the molecule is CCOC(=O)C(OS(=O)(=O)C(F)(F)F)c1ccccc1. The predicted molar refractivity (Wildman–Crippen MR) is 61.9 cm³/mol. The van der Waals surface area contributed by atoms with E-state index in [1.807, 2.05) is 0 Å². The summed E-state index contributed by atoms with van der Waals surface area (Å²) in [7, 11) is -5.91. The molecule has 0 aromatic heterocycles. The molecular weight excluding hydrogens is 301 g/mol. The number of rotatable bonds is 5. The van der Waals surface area contributed by atoms with E-state index in [4.69, 9.17) is 0 Å². The highest BCUT2D eigenvalue weighted by molar-refractivity contribution is 7.87. The van der Waals surface area contributed by atoms with E-state index in [1.165, 1.54) is 31.2 Å². The normalized spacial score (nSPS) is 13.8. The van der Waals surface area contributed by atoms with Crippen molar-refractivity contribution < 1.29 is 35.3 Å². The van der Waals surface area contributed by atoms with Crippen LogP contribution in [0.5, 0.6) is 0 Å². The molecule has 0 spiro atoms. The zero-order valence-corrected chi connectivity index (χ0v) is 11.1. The minimum atomic E-state index is -5.91. The number of hydrogen-bond acceptors (Lipinski definition) is 5. The smallest absolute Gasteiger partial charge is 0.464 e. The summed E-state index contributed by atoms with van der Waals surface area (Å²) in [6.07, 6.45) is -2.00. The Morgan fingerprint density at radius 2 is 1.80 bits per heavy atom. The van der Waals surface area contributed by atoms with Crippen LogP contribution in [0, 0.1) is 0 Å². The summed E-state index contributed by atoms with van der Waals surface area (Å²) in [4.78, 5) is 11.6. The summed E-state index contributed by atoms with van der Waals surface area (Å²) in [5.74, 6) is -1.22. The van der Waals surface area contributed by atoms with Gasteiger partial charge in [0.25, 0.3) is 0 Å². The maximum Gasteiger partial charge on any atom is 0.523 e. The van der Waals surface area contributed by atoms with E-state index in [2.05, 4.69) is 8.92 Å². The Balaban J connectivity index is 3.11. The molecule has 0 radical (unpaired) electrons. The Morgan fingerprint density at radius 1 is 1.25 bits per heavy atom. The third-order valence-electron chi connectivity index (χ3n) is 2.11. The monoisotopic (exact) mass is 312 g/mol. The Kier molecular flexibility index (Phi) is 5.12. The third-order valence-corrected chi connectivity index (χ3v) is 3.12. The minimum absolute atomic E-state index is 0.0567. The van der Waals surface area contributed by atoms with Crippen LogP contribution < -0.4 is 0 Å². The predicted octanol–water partition coefficient (Wildman–Crippen LogP) is 2.16. The summed E-state index contributed by atoms with van der Waals surface area (Å²) in [6, 6.07) is 6.90. The fourth-order valence-corrected chi connectivity index (χ4v) is 1.81. The quantitative estimate of drug-likeness (QED) is 0.473. The highest BCUT2D eigenvalue weighted by atomic mass is 32.2. The van der Waals surface area contributed by atoms with Gasteiger partial charge in [-0.2, -0.15) is 21.6 Å². The molecule has 1 aromatic carbocycles. The van der Waals surface area contributed by atoms with Crippen LogP contribution in [-0.4, -0.2) is 26.5 Å². The Labute approximate surface area is 113 Å². The van der Waals surface area contributed by atoms with Crippen LogP contribution in [0.4, 0.5) is 13.2 Å². The van der Waals surface area contributed by atoms with E-state index in [0.29, 0.717) is 0 Å². The lowest BCUT2D eigenvalue weighted by Crippen LogP contribution is -2.30. The maximum atomic E-state index is 12.3. The number of esters is 1. The van der Waals surface area contributed by atoms with Crippen molar-refractivity contribution in [3.8, 4) is 0 Å². The van der Waals surface area contributed by atoms with Gasteiger partial charge < -0.3 is 4.74 Å². The first-order valence-electron chi connectivity index (χ1n) is 5.40. The second kappa shape index (κ2) is 6.23. The highest BCUT2D eigenvalue weighted by Gasteiger charge is 2.50. The van der Waals surface area contributed by atoms with Crippen molar-refractivity contribution in [3.05, 3.63) is 35.9 Å². The Hall–Kier alpha value is -1.61. The first-order chi connectivity index (χ1) is 9.19. The molecule has 0 amide bonds. The molecule has 5 nitrogen and oxygen atoms in total. The van der Waals surface area contributed by atoms with Gasteiger partial charge in [-0.25, -0.2) is 8.98 Å². The van der Waals surface area contributed by atoms with Crippen molar-refractivity contribution in [2.24, 2.45) is 0 Å². The fraction of sp³-hybridized carbons (Fsp3) is 0.364. The Bertz CT molecular complexity index is 553. The van der Waals surface area contributed by atoms with Crippen LogP contribution in [0.15, 0.2) is 30.3 Å². The number of ether oxygens (including phenoxy) is 1. The van der Waals surface area contributed by atoms with Gasteiger partial charge in [0.15, 0.2) is 6.10 Å². The van der Waals surface area contributed by atoms with Gasteiger partial charge in [0, 0.05) is 0 Å². The van der Waals surface area contributed by atoms with E-state index in [-0.39, 0.29) is 12.2 Å². The van der Waals surface area contributed by atoms with E-state index < -0.39 is 27.7 Å². The molecule has 0 bridgehead atoms. The molecule has 0 saturated carbocycles. The van der Waals surface area contributed by atoms with Gasteiger partial charge >= 0.3 is 21.6 Å². The highest BCUT2D eigenvalue weighted by Crippen LogP contribution is 2.30. The molecule has 1 atom stereocenters. The molecule has 0 heterocycles. The summed E-state index contributed by atoms with van der Waals surface area (Å²) < 4.78 is 67.4. The number of benzene rings is 1. The zero-order valence-electron chi connectivity index (χ0n) is 10.3. The molecule has 0 fully saturated rings. The van der Waals surface area contributed by atoms with E-state index in [1.54, 1.807) is 6.07 Å². The summed E-state index contributed by atoms with van der Waals surface area (Å²) >= 11 is 0. The van der Waals surface area contributed by atoms with Crippen LogP contribution in [0.1, 0.15) is 18.6 Å². The van der Waals surface area contributed by atoms with E-state index >= 15 is 0 Å². The minimum Gasteiger partial charge on any atom is -0.464 e. The first kappa shape index (κ1) is 16.4. The maximum absolute atomic E-state index is 12.3. The van der Waals surface area contributed by atoms with Gasteiger partial charge in [-0.05, 0) is 12.5 Å². The molecule has 0 saturated heterocycles. The number of hydrogen-bond donors (Lipinski definition) is 0. The van der Waals surface area contributed by atoms with Crippen molar-refractivity contribution >= 4 is 16.1 Å². The van der Waals surface area contributed by atoms with E-state index in [9.17, 15) is 26.4 Å². The molecule has 112 valence electrons. The summed E-state index contributed by atoms with van der Waals surface area (Å²) in [5, 5.41) is 0. The standard InChI is InChI=1S/C11H11F3O5S/c1-2-18-10(15)9(8-6-4-3-5-7-8)19-20(16,17)11(12,13)14/h3-7,9H,2H2,1H3. The van der Waals surface area contributed by atoms with Crippen molar-refractivity contribution in [1.82, 2.24) is 0 Å². The molecule has 1 aromatic rings. The lowest BCUT2D eigenvalue weighted by Gasteiger charge is -2.17. The average molecular weight is 312 g/mol. The van der Waals surface area contributed by atoms with Crippen molar-refractivity contribution in [1.29, 1.82) is 0 Å². The van der Waals surface area contributed by atoms with Gasteiger partial charge in [-0.3, -0.25) is 0 Å². The third kappa shape index (κ3) is 3.94. The van der Waals surface area contributed by atoms with Crippen molar-refractivity contribution in [2.45, 2.75) is 18.5 Å². The summed E-state index contributed by atoms with van der Waals surface area (Å²) in [6.45, 7) is 1.30. The number of alkyl halides is 3. The summed E-state index contributed by atoms with van der Waals surface area (Å²) in [5.41, 5.74) is -5.68. The molecule has 0 N–H and O–H groups in total. The van der Waals surface area contributed by atoms with Crippen LogP contribution in [0.2, 0.25) is 0 Å². The molecule has 0 aliphatic heterocycles. The zero-order chi connectivity index (χ0) is 15.4. The molecule has 0 aliphatic carbocycles. The second-order valence-electron chi connectivity index (χ2n) is 3.54. The van der Waals surface area contributed by atoms with Crippen molar-refractivity contribution in [3.63, 3.8) is 0 Å².